The maximum Gasteiger partial charge on any atom is 0.0110 e. The van der Waals surface area contributed by atoms with Crippen LogP contribution >= 0.6 is 0 Å². The molecule has 1 saturated heterocycles. The molecule has 0 radical (unpaired) electrons. The van der Waals surface area contributed by atoms with Gasteiger partial charge in [0.2, 0.25) is 0 Å². The van der Waals surface area contributed by atoms with Gasteiger partial charge < -0.3 is 15.5 Å². The fraction of sp³-hybridized carbons (Fsp3) is 1.00. The molecule has 2 N–H and O–H groups in total. The molecule has 0 aliphatic carbocycles. The lowest BCUT2D eigenvalue weighted by molar-refractivity contribution is 0.124. The van der Waals surface area contributed by atoms with Crippen LogP contribution in [0.4, 0.5) is 0 Å². The van der Waals surface area contributed by atoms with Gasteiger partial charge in [0.15, 0.2) is 0 Å². The summed E-state index contributed by atoms with van der Waals surface area (Å²) >= 11 is 0. The molecule has 0 aromatic rings. The Hall–Kier alpha value is -0.160. The first kappa shape index (κ1) is 15.9. The summed E-state index contributed by atoms with van der Waals surface area (Å²) in [6.45, 7) is 10.7. The summed E-state index contributed by atoms with van der Waals surface area (Å²) in [6, 6.07) is 0.368. The summed E-state index contributed by atoms with van der Waals surface area (Å²) < 4.78 is 0. The quantitative estimate of drug-likeness (QED) is 0.648. The van der Waals surface area contributed by atoms with Gasteiger partial charge in [-0.15, -0.1) is 0 Å². The largest absolute Gasteiger partial charge is 0.328 e. The van der Waals surface area contributed by atoms with Crippen LogP contribution < -0.4 is 5.73 Å². The van der Waals surface area contributed by atoms with Gasteiger partial charge >= 0.3 is 0 Å². The number of likely N-dealkylation sites (N-methyl/N-ethyl adjacent to an activating group) is 1. The van der Waals surface area contributed by atoms with Gasteiger partial charge in [-0.05, 0) is 40.4 Å². The predicted octanol–water partition coefficient (Wildman–Crippen LogP) is 0.683. The van der Waals surface area contributed by atoms with Crippen LogP contribution in [0.2, 0.25) is 0 Å². The minimum Gasteiger partial charge on any atom is -0.328 e. The lowest BCUT2D eigenvalue weighted by atomic mass is 10.1. The van der Waals surface area contributed by atoms with E-state index in [1.807, 2.05) is 0 Å². The molecule has 1 heterocycles. The Kier molecular flexibility index (Phi) is 7.82. The Balaban J connectivity index is 2.01. The van der Waals surface area contributed by atoms with Gasteiger partial charge in [0.25, 0.3) is 0 Å². The molecular weight excluding hydrogens is 224 g/mol. The van der Waals surface area contributed by atoms with Crippen LogP contribution in [0.1, 0.15) is 26.2 Å². The Labute approximate surface area is 113 Å². The first-order chi connectivity index (χ1) is 8.58. The molecule has 0 amide bonds. The molecule has 0 saturated carbocycles. The first-order valence-corrected chi connectivity index (χ1v) is 7.43. The topological polar surface area (TPSA) is 35.7 Å². The molecule has 0 bridgehead atoms. The number of nitrogens with zero attached hydrogens (tertiary/aromatic N) is 3. The molecule has 1 fully saturated rings. The molecule has 1 aliphatic rings. The SMILES string of the molecule is CC(N)CCCCN1CCN(CCN(C)C)CC1. The molecule has 1 unspecified atom stereocenters. The second kappa shape index (κ2) is 8.86. The highest BCUT2D eigenvalue weighted by atomic mass is 15.3. The van der Waals surface area contributed by atoms with Crippen molar-refractivity contribution in [3.63, 3.8) is 0 Å². The molecule has 0 spiro atoms. The minimum absolute atomic E-state index is 0.368. The van der Waals surface area contributed by atoms with E-state index >= 15 is 0 Å². The van der Waals surface area contributed by atoms with E-state index in [4.69, 9.17) is 5.73 Å². The first-order valence-electron chi connectivity index (χ1n) is 7.43. The molecule has 4 nitrogen and oxygen atoms in total. The zero-order valence-corrected chi connectivity index (χ0v) is 12.6. The lowest BCUT2D eigenvalue weighted by Crippen LogP contribution is -2.48. The third kappa shape index (κ3) is 7.31. The van der Waals surface area contributed by atoms with Crippen molar-refractivity contribution >= 4 is 0 Å². The molecular formula is C14H32N4. The van der Waals surface area contributed by atoms with Gasteiger partial charge in [-0.2, -0.15) is 0 Å². The smallest absolute Gasteiger partial charge is 0.0110 e. The molecule has 1 rings (SSSR count). The van der Waals surface area contributed by atoms with Gasteiger partial charge in [0.1, 0.15) is 0 Å². The van der Waals surface area contributed by atoms with Crippen molar-refractivity contribution in [3.05, 3.63) is 0 Å². The van der Waals surface area contributed by atoms with Crippen molar-refractivity contribution in [1.82, 2.24) is 14.7 Å². The monoisotopic (exact) mass is 256 g/mol. The highest BCUT2D eigenvalue weighted by molar-refractivity contribution is 4.72. The standard InChI is InChI=1S/C14H32N4/c1-14(15)6-4-5-7-17-10-12-18(13-11-17)9-8-16(2)3/h14H,4-13,15H2,1-3H3. The van der Waals surface area contributed by atoms with E-state index in [1.54, 1.807) is 0 Å². The zero-order valence-electron chi connectivity index (χ0n) is 12.6. The Morgan fingerprint density at radius 1 is 1.00 bits per heavy atom. The minimum atomic E-state index is 0.368. The van der Waals surface area contributed by atoms with Crippen LogP contribution in [0, 0.1) is 0 Å². The number of unbranched alkanes of at least 4 members (excludes halogenated alkanes) is 1. The van der Waals surface area contributed by atoms with Gasteiger partial charge in [-0.3, -0.25) is 4.90 Å². The summed E-state index contributed by atoms with van der Waals surface area (Å²) in [5.41, 5.74) is 5.76. The summed E-state index contributed by atoms with van der Waals surface area (Å²) in [5.74, 6) is 0. The normalized spacial score (nSPS) is 20.5. The fourth-order valence-corrected chi connectivity index (χ4v) is 2.38. The second-order valence-electron chi connectivity index (χ2n) is 5.96. The number of piperazine rings is 1. The number of hydrogen-bond acceptors (Lipinski definition) is 4. The number of rotatable bonds is 8. The van der Waals surface area contributed by atoms with Crippen LogP contribution in [-0.4, -0.2) is 80.7 Å². The summed E-state index contributed by atoms with van der Waals surface area (Å²) in [6.07, 6.45) is 3.75. The van der Waals surface area contributed by atoms with Crippen LogP contribution in [0.15, 0.2) is 0 Å². The maximum absolute atomic E-state index is 5.76. The van der Waals surface area contributed by atoms with Crippen molar-refractivity contribution in [1.29, 1.82) is 0 Å². The van der Waals surface area contributed by atoms with Crippen LogP contribution in [0.3, 0.4) is 0 Å². The van der Waals surface area contributed by atoms with Crippen molar-refractivity contribution < 1.29 is 0 Å². The summed E-state index contributed by atoms with van der Waals surface area (Å²) in [4.78, 5) is 7.45. The number of nitrogens with two attached hydrogens (primary N) is 1. The lowest BCUT2D eigenvalue weighted by Gasteiger charge is -2.35. The zero-order chi connectivity index (χ0) is 13.4. The molecule has 1 atom stereocenters. The molecule has 1 aliphatic heterocycles. The third-order valence-corrected chi connectivity index (χ3v) is 3.71. The second-order valence-corrected chi connectivity index (χ2v) is 5.96. The van der Waals surface area contributed by atoms with E-state index in [2.05, 4.69) is 35.7 Å². The van der Waals surface area contributed by atoms with Crippen molar-refractivity contribution in [2.75, 3.05) is 59.9 Å². The van der Waals surface area contributed by atoms with E-state index < -0.39 is 0 Å². The highest BCUT2D eigenvalue weighted by Crippen LogP contribution is 2.05. The van der Waals surface area contributed by atoms with E-state index in [0.717, 1.165) is 0 Å². The average Bonchev–Trinajstić information content (AvgIpc) is 2.33. The Bertz CT molecular complexity index is 198. The van der Waals surface area contributed by atoms with Crippen LogP contribution in [0.25, 0.3) is 0 Å². The van der Waals surface area contributed by atoms with Crippen molar-refractivity contribution in [3.8, 4) is 0 Å². The van der Waals surface area contributed by atoms with E-state index in [1.165, 1.54) is 65.1 Å². The molecule has 108 valence electrons. The van der Waals surface area contributed by atoms with Crippen LogP contribution in [0.5, 0.6) is 0 Å². The highest BCUT2D eigenvalue weighted by Gasteiger charge is 2.15. The van der Waals surface area contributed by atoms with E-state index in [9.17, 15) is 0 Å². The van der Waals surface area contributed by atoms with E-state index in [-0.39, 0.29) is 0 Å². The summed E-state index contributed by atoms with van der Waals surface area (Å²) in [5, 5.41) is 0. The fourth-order valence-electron chi connectivity index (χ4n) is 2.38. The van der Waals surface area contributed by atoms with E-state index in [0.29, 0.717) is 6.04 Å². The van der Waals surface area contributed by atoms with Crippen LogP contribution in [-0.2, 0) is 0 Å². The molecule has 0 aromatic heterocycles. The summed E-state index contributed by atoms with van der Waals surface area (Å²) in [7, 11) is 4.30. The maximum atomic E-state index is 5.76. The molecule has 0 aromatic carbocycles. The number of hydrogen-bond donors (Lipinski definition) is 1. The van der Waals surface area contributed by atoms with Crippen molar-refractivity contribution in [2.45, 2.75) is 32.2 Å². The van der Waals surface area contributed by atoms with Gasteiger partial charge in [0, 0.05) is 45.3 Å². The Morgan fingerprint density at radius 2 is 1.56 bits per heavy atom. The van der Waals surface area contributed by atoms with Gasteiger partial charge in [-0.25, -0.2) is 0 Å². The van der Waals surface area contributed by atoms with Crippen molar-refractivity contribution in [2.24, 2.45) is 5.73 Å². The van der Waals surface area contributed by atoms with Gasteiger partial charge in [0.05, 0.1) is 0 Å². The predicted molar refractivity (Wildman–Crippen MR) is 78.9 cm³/mol. The molecule has 4 heteroatoms. The van der Waals surface area contributed by atoms with Gasteiger partial charge in [-0.1, -0.05) is 6.42 Å². The third-order valence-electron chi connectivity index (χ3n) is 3.71. The molecule has 18 heavy (non-hydrogen) atoms. The average molecular weight is 256 g/mol. The Morgan fingerprint density at radius 3 is 2.06 bits per heavy atom.